The summed E-state index contributed by atoms with van der Waals surface area (Å²) >= 11 is 0. The molecule has 0 spiro atoms. The topological polar surface area (TPSA) is 85.6 Å². The minimum absolute atomic E-state index is 0.170. The van der Waals surface area contributed by atoms with Crippen LogP contribution >= 0.6 is 0 Å². The van der Waals surface area contributed by atoms with Crippen LogP contribution in [0.3, 0.4) is 0 Å². The molecule has 0 saturated heterocycles. The highest BCUT2D eigenvalue weighted by Gasteiger charge is 2.28. The van der Waals surface area contributed by atoms with Crippen LogP contribution in [0.4, 0.5) is 0 Å². The lowest BCUT2D eigenvalue weighted by atomic mass is 9.97. The van der Waals surface area contributed by atoms with E-state index in [9.17, 15) is 14.4 Å². The van der Waals surface area contributed by atoms with Gasteiger partial charge in [0.05, 0.1) is 10.8 Å². The average Bonchev–Trinajstić information content (AvgIpc) is 2.68. The van der Waals surface area contributed by atoms with Gasteiger partial charge in [-0.25, -0.2) is 4.57 Å². The van der Waals surface area contributed by atoms with E-state index in [0.29, 0.717) is 18.5 Å². The number of nitrogens with one attached hydrogen (secondary N) is 1. The van der Waals surface area contributed by atoms with Gasteiger partial charge in [-0.2, -0.15) is 0 Å². The number of rotatable bonds is 6. The lowest BCUT2D eigenvalue weighted by Gasteiger charge is -2.21. The Balaban J connectivity index is 2.15. The lowest BCUT2D eigenvalue weighted by molar-refractivity contribution is -0.671. The highest BCUT2D eigenvalue weighted by atomic mass is 16.6. The molecule has 2 rings (SSSR count). The van der Waals surface area contributed by atoms with E-state index in [1.807, 2.05) is 23.9 Å². The number of esters is 2. The van der Waals surface area contributed by atoms with Crippen molar-refractivity contribution >= 4 is 17.8 Å². The quantitative estimate of drug-likeness (QED) is 0.422. The van der Waals surface area contributed by atoms with Gasteiger partial charge in [-0.3, -0.25) is 14.4 Å². The molecule has 0 bridgehead atoms. The first-order chi connectivity index (χ1) is 14.8. The number of pyridine rings is 1. The molecule has 0 aliphatic carbocycles. The Bertz CT molecular complexity index is 1000. The third kappa shape index (κ3) is 7.18. The summed E-state index contributed by atoms with van der Waals surface area (Å²) in [6.07, 6.45) is 4.11. The van der Waals surface area contributed by atoms with Gasteiger partial charge in [0.25, 0.3) is 5.91 Å². The molecule has 1 heterocycles. The van der Waals surface area contributed by atoms with E-state index in [1.165, 1.54) is 0 Å². The SMILES string of the molecule is C[n+]1cccc(C(=O)NCCc2ccc(OC(=O)C(C)(C)C)c(OC(=O)C(C)(C)C)c2)c1. The second-order valence-electron chi connectivity index (χ2n) is 9.82. The second kappa shape index (κ2) is 9.94. The van der Waals surface area contributed by atoms with E-state index in [1.54, 1.807) is 72.0 Å². The standard InChI is InChI=1S/C25H32N2O5/c1-24(2,3)22(29)31-19-11-10-17(15-20(19)32-23(30)25(4,5)6)12-13-26-21(28)18-9-8-14-27(7)16-18/h8-11,14-16H,12-13H2,1-7H3/p+1. The number of hydrogen-bond acceptors (Lipinski definition) is 5. The van der Waals surface area contributed by atoms with Crippen LogP contribution in [0, 0.1) is 10.8 Å². The molecular weight excluding hydrogens is 408 g/mol. The Morgan fingerprint density at radius 2 is 1.50 bits per heavy atom. The van der Waals surface area contributed by atoms with Gasteiger partial charge in [-0.15, -0.1) is 0 Å². The van der Waals surface area contributed by atoms with Crippen LogP contribution in [0.1, 0.15) is 57.5 Å². The van der Waals surface area contributed by atoms with Crippen molar-refractivity contribution in [1.29, 1.82) is 0 Å². The van der Waals surface area contributed by atoms with E-state index in [4.69, 9.17) is 9.47 Å². The maximum absolute atomic E-state index is 12.4. The van der Waals surface area contributed by atoms with E-state index in [2.05, 4.69) is 5.32 Å². The van der Waals surface area contributed by atoms with Gasteiger partial charge in [0, 0.05) is 12.6 Å². The molecule has 0 aliphatic rings. The summed E-state index contributed by atoms with van der Waals surface area (Å²) in [5.41, 5.74) is -0.0286. The predicted octanol–water partition coefficient (Wildman–Crippen LogP) is 3.39. The van der Waals surface area contributed by atoms with Crippen LogP contribution in [0.15, 0.2) is 42.7 Å². The first-order valence-electron chi connectivity index (χ1n) is 10.6. The summed E-state index contributed by atoms with van der Waals surface area (Å²) in [7, 11) is 1.85. The maximum Gasteiger partial charge on any atom is 0.316 e. The molecule has 7 heteroatoms. The first kappa shape index (κ1) is 25.0. The molecule has 0 atom stereocenters. The summed E-state index contributed by atoms with van der Waals surface area (Å²) in [5.74, 6) is -0.667. The number of carbonyl (C=O) groups is 3. The fourth-order valence-electron chi connectivity index (χ4n) is 2.52. The summed E-state index contributed by atoms with van der Waals surface area (Å²) in [6, 6.07) is 8.63. The Labute approximate surface area is 189 Å². The number of aryl methyl sites for hydroxylation is 1. The third-order valence-corrected chi connectivity index (χ3v) is 4.54. The van der Waals surface area contributed by atoms with Gasteiger partial charge >= 0.3 is 11.9 Å². The van der Waals surface area contributed by atoms with Gasteiger partial charge in [0.2, 0.25) is 0 Å². The van der Waals surface area contributed by atoms with Crippen LogP contribution < -0.4 is 19.4 Å². The Hall–Kier alpha value is -3.22. The Morgan fingerprint density at radius 1 is 0.906 bits per heavy atom. The number of amides is 1. The summed E-state index contributed by atoms with van der Waals surface area (Å²) < 4.78 is 12.9. The van der Waals surface area contributed by atoms with Crippen molar-refractivity contribution in [3.05, 3.63) is 53.9 Å². The molecule has 0 fully saturated rings. The average molecular weight is 442 g/mol. The highest BCUT2D eigenvalue weighted by molar-refractivity contribution is 5.93. The van der Waals surface area contributed by atoms with Crippen LogP contribution in [0.5, 0.6) is 11.5 Å². The normalized spacial score (nSPS) is 11.6. The lowest BCUT2D eigenvalue weighted by Crippen LogP contribution is -2.31. The molecular formula is C25H33N2O5+. The van der Waals surface area contributed by atoms with Crippen molar-refractivity contribution in [2.75, 3.05) is 6.54 Å². The van der Waals surface area contributed by atoms with Crippen LogP contribution in [-0.4, -0.2) is 24.4 Å². The van der Waals surface area contributed by atoms with Crippen molar-refractivity contribution in [3.63, 3.8) is 0 Å². The predicted molar refractivity (Wildman–Crippen MR) is 120 cm³/mol. The zero-order valence-electron chi connectivity index (χ0n) is 19.9. The smallest absolute Gasteiger partial charge is 0.316 e. The number of carbonyl (C=O) groups excluding carboxylic acids is 3. The minimum atomic E-state index is -0.721. The van der Waals surface area contributed by atoms with Gasteiger partial charge < -0.3 is 14.8 Å². The molecule has 32 heavy (non-hydrogen) atoms. The van der Waals surface area contributed by atoms with E-state index in [-0.39, 0.29) is 17.4 Å². The summed E-state index contributed by atoms with van der Waals surface area (Å²) in [4.78, 5) is 37.1. The fourth-order valence-corrected chi connectivity index (χ4v) is 2.52. The number of ether oxygens (including phenoxy) is 2. The Kier molecular flexibility index (Phi) is 7.78. The first-order valence-corrected chi connectivity index (χ1v) is 10.6. The molecule has 1 N–H and O–H groups in total. The number of hydrogen-bond donors (Lipinski definition) is 1. The molecule has 1 aromatic heterocycles. The summed E-state index contributed by atoms with van der Waals surface area (Å²) in [5, 5.41) is 2.88. The van der Waals surface area contributed by atoms with Gasteiger partial charge in [-0.05, 0) is 71.7 Å². The van der Waals surface area contributed by atoms with Crippen molar-refractivity contribution in [2.24, 2.45) is 17.9 Å². The zero-order chi connectivity index (χ0) is 24.1. The van der Waals surface area contributed by atoms with Crippen LogP contribution in [0.25, 0.3) is 0 Å². The molecule has 0 aliphatic heterocycles. The van der Waals surface area contributed by atoms with Crippen LogP contribution in [-0.2, 0) is 23.1 Å². The van der Waals surface area contributed by atoms with Crippen LogP contribution in [0.2, 0.25) is 0 Å². The minimum Gasteiger partial charge on any atom is -0.422 e. The van der Waals surface area contributed by atoms with Crippen molar-refractivity contribution in [2.45, 2.75) is 48.0 Å². The Morgan fingerprint density at radius 3 is 2.06 bits per heavy atom. The highest BCUT2D eigenvalue weighted by Crippen LogP contribution is 2.32. The molecule has 172 valence electrons. The second-order valence-corrected chi connectivity index (χ2v) is 9.82. The number of nitrogens with zero attached hydrogens (tertiary/aromatic N) is 1. The molecule has 7 nitrogen and oxygen atoms in total. The largest absolute Gasteiger partial charge is 0.422 e. The zero-order valence-corrected chi connectivity index (χ0v) is 19.9. The summed E-state index contributed by atoms with van der Waals surface area (Å²) in [6.45, 7) is 10.9. The number of aromatic nitrogens is 1. The van der Waals surface area contributed by atoms with E-state index in [0.717, 1.165) is 5.56 Å². The van der Waals surface area contributed by atoms with Crippen molar-refractivity contribution in [3.8, 4) is 11.5 Å². The van der Waals surface area contributed by atoms with Gasteiger partial charge in [0.1, 0.15) is 12.6 Å². The fraction of sp³-hybridized carbons (Fsp3) is 0.440. The molecule has 1 amide bonds. The number of benzene rings is 1. The molecule has 0 saturated carbocycles. The van der Waals surface area contributed by atoms with E-state index < -0.39 is 22.8 Å². The van der Waals surface area contributed by atoms with Gasteiger partial charge in [0.15, 0.2) is 23.9 Å². The molecule has 2 aromatic rings. The molecule has 0 unspecified atom stereocenters. The molecule has 0 radical (unpaired) electrons. The van der Waals surface area contributed by atoms with E-state index >= 15 is 0 Å². The third-order valence-electron chi connectivity index (χ3n) is 4.54. The molecule has 1 aromatic carbocycles. The monoisotopic (exact) mass is 441 g/mol. The van der Waals surface area contributed by atoms with Crippen molar-refractivity contribution in [1.82, 2.24) is 5.32 Å². The maximum atomic E-state index is 12.4. The van der Waals surface area contributed by atoms with Gasteiger partial charge in [-0.1, -0.05) is 6.07 Å². The van der Waals surface area contributed by atoms with Crippen molar-refractivity contribution < 1.29 is 28.4 Å².